The molecular formula is C32H41ClFN3O5. The molecule has 3 heterocycles. The summed E-state index contributed by atoms with van der Waals surface area (Å²) < 4.78 is 31.2. The van der Waals surface area contributed by atoms with Gasteiger partial charge in [0.2, 0.25) is 0 Å². The highest BCUT2D eigenvalue weighted by Crippen LogP contribution is 2.44. The molecule has 0 amide bonds. The number of hydrogen-bond acceptors (Lipinski definition) is 8. The topological polar surface area (TPSA) is 72.8 Å². The summed E-state index contributed by atoms with van der Waals surface area (Å²) in [5.74, 6) is 1.81. The first kappa shape index (κ1) is 30.4. The Morgan fingerprint density at radius 3 is 2.26 bits per heavy atom. The zero-order chi connectivity index (χ0) is 29.9. The Kier molecular flexibility index (Phi) is 9.18. The Labute approximate surface area is 252 Å². The molecule has 0 atom stereocenters. The number of benzene rings is 2. The first-order valence-corrected chi connectivity index (χ1v) is 15.4. The summed E-state index contributed by atoms with van der Waals surface area (Å²) >= 11 is 6.44. The number of likely N-dealkylation sites (tertiary alicyclic amines) is 2. The molecule has 228 valence electrons. The predicted molar refractivity (Wildman–Crippen MR) is 160 cm³/mol. The van der Waals surface area contributed by atoms with Crippen molar-refractivity contribution in [2.75, 3.05) is 46.0 Å². The standard InChI is InChI=1S/C32H41ClFN3O5/c1-5-31(30(38)41-8-4)11-13-37(14-12-31)28-18-32(42-35-28)20-36(21-32)19-22-15-26(39-6-2)29(27(16-22)40-7-3)24-10-9-23(34)17-25(24)33/h9-10,15-17H,5-8,11-14,18-21H2,1-4H3. The number of piperidine rings is 1. The Hall–Kier alpha value is -3.04. The van der Waals surface area contributed by atoms with Gasteiger partial charge >= 0.3 is 5.97 Å². The number of nitrogens with zero attached hydrogens (tertiary/aromatic N) is 3. The third-order valence-corrected chi connectivity index (χ3v) is 8.96. The minimum atomic E-state index is -0.393. The Morgan fingerprint density at radius 1 is 1.02 bits per heavy atom. The van der Waals surface area contributed by atoms with Crippen molar-refractivity contribution in [3.63, 3.8) is 0 Å². The zero-order valence-electron chi connectivity index (χ0n) is 25.0. The van der Waals surface area contributed by atoms with Crippen molar-refractivity contribution in [1.82, 2.24) is 9.80 Å². The number of hydrogen-bond donors (Lipinski definition) is 0. The molecule has 0 bridgehead atoms. The fraction of sp³-hybridized carbons (Fsp3) is 0.562. The van der Waals surface area contributed by atoms with Crippen LogP contribution in [0.3, 0.4) is 0 Å². The van der Waals surface area contributed by atoms with Gasteiger partial charge in [0, 0.05) is 38.3 Å². The van der Waals surface area contributed by atoms with Crippen LogP contribution < -0.4 is 9.47 Å². The van der Waals surface area contributed by atoms with E-state index in [9.17, 15) is 9.18 Å². The van der Waals surface area contributed by atoms with Gasteiger partial charge in [0.15, 0.2) is 5.60 Å². The SMILES string of the molecule is CCOC(=O)C1(CC)CCN(C2=NOC3(C2)CN(Cc2cc(OCC)c(-c4ccc(F)cc4Cl)c(OCC)c2)C3)CC1. The average Bonchev–Trinajstić information content (AvgIpc) is 3.40. The number of esters is 1. The highest BCUT2D eigenvalue weighted by atomic mass is 35.5. The van der Waals surface area contributed by atoms with Crippen LogP contribution >= 0.6 is 11.6 Å². The van der Waals surface area contributed by atoms with E-state index in [1.165, 1.54) is 12.1 Å². The van der Waals surface area contributed by atoms with Gasteiger partial charge in [-0.05, 0) is 75.9 Å². The van der Waals surface area contributed by atoms with Crippen LogP contribution in [0.25, 0.3) is 11.1 Å². The highest BCUT2D eigenvalue weighted by molar-refractivity contribution is 6.33. The van der Waals surface area contributed by atoms with Crippen molar-refractivity contribution < 1.29 is 28.2 Å². The molecule has 42 heavy (non-hydrogen) atoms. The van der Waals surface area contributed by atoms with Gasteiger partial charge in [0.1, 0.15) is 23.2 Å². The lowest BCUT2D eigenvalue weighted by atomic mass is 9.76. The maximum atomic E-state index is 13.8. The van der Waals surface area contributed by atoms with Gasteiger partial charge in [0.25, 0.3) is 0 Å². The lowest BCUT2D eigenvalue weighted by Crippen LogP contribution is -2.61. The fourth-order valence-electron chi connectivity index (χ4n) is 6.39. The molecule has 2 aromatic carbocycles. The summed E-state index contributed by atoms with van der Waals surface area (Å²) in [6.45, 7) is 12.9. The van der Waals surface area contributed by atoms with E-state index in [1.807, 2.05) is 32.9 Å². The second-order valence-corrected chi connectivity index (χ2v) is 11.8. The summed E-state index contributed by atoms with van der Waals surface area (Å²) in [7, 11) is 0. The fourth-order valence-corrected chi connectivity index (χ4v) is 6.65. The number of halogens is 2. The average molecular weight is 602 g/mol. The van der Waals surface area contributed by atoms with Gasteiger partial charge in [0.05, 0.1) is 42.2 Å². The van der Waals surface area contributed by atoms with Crippen LogP contribution in [0.5, 0.6) is 11.5 Å². The molecule has 5 rings (SSSR count). The first-order chi connectivity index (χ1) is 20.2. The molecule has 0 unspecified atom stereocenters. The third-order valence-electron chi connectivity index (χ3n) is 8.65. The van der Waals surface area contributed by atoms with E-state index in [0.717, 1.165) is 68.8 Å². The maximum Gasteiger partial charge on any atom is 0.312 e. The van der Waals surface area contributed by atoms with Crippen molar-refractivity contribution in [3.8, 4) is 22.6 Å². The lowest BCUT2D eigenvalue weighted by Gasteiger charge is -2.46. The Bertz CT molecular complexity index is 1290. The van der Waals surface area contributed by atoms with Crippen LogP contribution in [0.15, 0.2) is 35.5 Å². The first-order valence-electron chi connectivity index (χ1n) is 15.0. The van der Waals surface area contributed by atoms with Gasteiger partial charge in [-0.25, -0.2) is 4.39 Å². The Morgan fingerprint density at radius 2 is 1.69 bits per heavy atom. The van der Waals surface area contributed by atoms with Gasteiger partial charge in [-0.1, -0.05) is 23.7 Å². The van der Waals surface area contributed by atoms with Crippen LogP contribution in [-0.4, -0.2) is 73.2 Å². The van der Waals surface area contributed by atoms with Crippen molar-refractivity contribution in [2.45, 2.75) is 65.5 Å². The van der Waals surface area contributed by atoms with E-state index in [1.54, 1.807) is 6.07 Å². The van der Waals surface area contributed by atoms with Crippen molar-refractivity contribution in [1.29, 1.82) is 0 Å². The smallest absolute Gasteiger partial charge is 0.312 e. The van der Waals surface area contributed by atoms with Gasteiger partial charge in [-0.15, -0.1) is 0 Å². The molecule has 0 aromatic heterocycles. The summed E-state index contributed by atoms with van der Waals surface area (Å²) in [6, 6.07) is 8.38. The van der Waals surface area contributed by atoms with Crippen molar-refractivity contribution >= 4 is 23.4 Å². The normalized spacial score (nSPS) is 19.2. The van der Waals surface area contributed by atoms with E-state index in [0.29, 0.717) is 48.5 Å². The summed E-state index contributed by atoms with van der Waals surface area (Å²) in [5.41, 5.74) is 1.73. The molecule has 10 heteroatoms. The van der Waals surface area contributed by atoms with E-state index in [-0.39, 0.29) is 11.6 Å². The molecule has 0 radical (unpaired) electrons. The molecule has 0 aliphatic carbocycles. The van der Waals surface area contributed by atoms with E-state index >= 15 is 0 Å². The molecule has 0 N–H and O–H groups in total. The molecule has 2 saturated heterocycles. The summed E-state index contributed by atoms with van der Waals surface area (Å²) in [4.78, 5) is 23.2. The predicted octanol–water partition coefficient (Wildman–Crippen LogP) is 6.29. The monoisotopic (exact) mass is 601 g/mol. The summed E-state index contributed by atoms with van der Waals surface area (Å²) in [5, 5.41) is 4.79. The van der Waals surface area contributed by atoms with Gasteiger partial charge in [-0.3, -0.25) is 9.69 Å². The second-order valence-electron chi connectivity index (χ2n) is 11.4. The van der Waals surface area contributed by atoms with Gasteiger partial charge < -0.3 is 23.9 Å². The lowest BCUT2D eigenvalue weighted by molar-refractivity contribution is -0.158. The van der Waals surface area contributed by atoms with Crippen LogP contribution in [0.2, 0.25) is 5.02 Å². The number of carbonyl (C=O) groups excluding carboxylic acids is 1. The largest absolute Gasteiger partial charge is 0.493 e. The van der Waals surface area contributed by atoms with E-state index < -0.39 is 11.2 Å². The number of carbonyl (C=O) groups is 1. The third kappa shape index (κ3) is 6.04. The number of amidine groups is 1. The van der Waals surface area contributed by atoms with Crippen LogP contribution in [0, 0.1) is 11.2 Å². The van der Waals surface area contributed by atoms with Crippen LogP contribution in [0.1, 0.15) is 58.9 Å². The Balaban J connectivity index is 1.23. The molecule has 1 spiro atoms. The van der Waals surface area contributed by atoms with Crippen LogP contribution in [-0.2, 0) is 20.9 Å². The van der Waals surface area contributed by atoms with Crippen molar-refractivity contribution in [2.24, 2.45) is 10.6 Å². The highest BCUT2D eigenvalue weighted by Gasteiger charge is 2.51. The maximum absolute atomic E-state index is 13.8. The minimum absolute atomic E-state index is 0.0725. The number of ether oxygens (including phenoxy) is 3. The number of rotatable bonds is 10. The molecule has 3 aliphatic rings. The molecule has 8 nitrogen and oxygen atoms in total. The molecule has 2 aromatic rings. The molecule has 2 fully saturated rings. The number of oxime groups is 1. The summed E-state index contributed by atoms with van der Waals surface area (Å²) in [6.07, 6.45) is 3.09. The molecular weight excluding hydrogens is 561 g/mol. The molecule has 3 aliphatic heterocycles. The van der Waals surface area contributed by atoms with Crippen molar-refractivity contribution in [3.05, 3.63) is 46.7 Å². The molecule has 0 saturated carbocycles. The minimum Gasteiger partial charge on any atom is -0.493 e. The second kappa shape index (κ2) is 12.7. The zero-order valence-corrected chi connectivity index (χ0v) is 25.8. The van der Waals surface area contributed by atoms with E-state index in [2.05, 4.69) is 21.9 Å². The van der Waals surface area contributed by atoms with Gasteiger partial charge in [-0.2, -0.15) is 0 Å². The van der Waals surface area contributed by atoms with E-state index in [4.69, 9.17) is 30.6 Å². The van der Waals surface area contributed by atoms with Crippen LogP contribution in [0.4, 0.5) is 4.39 Å². The quantitative estimate of drug-likeness (QED) is 0.297.